The molecule has 0 radical (unpaired) electrons. The lowest BCUT2D eigenvalue weighted by Gasteiger charge is -2.12. The monoisotopic (exact) mass is 386 g/mol. The zero-order chi connectivity index (χ0) is 19.7. The van der Waals surface area contributed by atoms with Gasteiger partial charge in [0.15, 0.2) is 6.10 Å². The van der Waals surface area contributed by atoms with E-state index in [0.717, 1.165) is 10.2 Å². The van der Waals surface area contributed by atoms with Crippen LogP contribution in [0.1, 0.15) is 49.4 Å². The van der Waals surface area contributed by atoms with Crippen LogP contribution in [-0.2, 0) is 9.47 Å². The number of rotatable bonds is 5. The zero-order valence-electron chi connectivity index (χ0n) is 15.3. The number of Topliss-reactive ketones (excluding diaryl/α,β-unsaturated/α-hetero) is 1. The molecule has 1 N–H and O–H groups in total. The lowest BCUT2D eigenvalue weighted by atomic mass is 10.1. The van der Waals surface area contributed by atoms with Gasteiger partial charge in [-0.05, 0) is 44.5 Å². The number of esters is 2. The van der Waals surface area contributed by atoms with E-state index < -0.39 is 23.8 Å². The summed E-state index contributed by atoms with van der Waals surface area (Å²) in [6.07, 6.45) is -1.02. The molecule has 0 aliphatic carbocycles. The number of fused-ring (bicyclic) bond motifs is 1. The largest absolute Gasteiger partial charge is 0.465 e. The number of H-pyrrole nitrogens is 1. The molecule has 0 aliphatic rings. The summed E-state index contributed by atoms with van der Waals surface area (Å²) in [5.74, 6) is -1.54. The van der Waals surface area contributed by atoms with Gasteiger partial charge < -0.3 is 14.5 Å². The third kappa shape index (κ3) is 3.48. The summed E-state index contributed by atoms with van der Waals surface area (Å²) in [5.41, 5.74) is 4.38. The van der Waals surface area contributed by atoms with Gasteiger partial charge in [-0.25, -0.2) is 14.6 Å². The molecular weight excluding hydrogens is 368 g/mol. The smallest absolute Gasteiger partial charge is 0.339 e. The maximum atomic E-state index is 12.7. The Balaban J connectivity index is 1.79. The Morgan fingerprint density at radius 2 is 1.93 bits per heavy atom. The van der Waals surface area contributed by atoms with Gasteiger partial charge in [-0.1, -0.05) is 0 Å². The van der Waals surface area contributed by atoms with Gasteiger partial charge in [0.1, 0.15) is 0 Å². The molecule has 0 spiro atoms. The molecule has 140 valence electrons. The summed E-state index contributed by atoms with van der Waals surface area (Å²) < 4.78 is 10.9. The van der Waals surface area contributed by atoms with E-state index in [-0.39, 0.29) is 5.69 Å². The predicted molar refractivity (Wildman–Crippen MR) is 100 cm³/mol. The molecule has 2 heterocycles. The number of hydrogen-bond donors (Lipinski definition) is 1. The number of ketones is 1. The Bertz CT molecular complexity index is 1050. The number of thiazole rings is 1. The topological polar surface area (TPSA) is 98.4 Å². The Hall–Kier alpha value is -3.00. The fraction of sp³-hybridized carbons (Fsp3) is 0.263. The fourth-order valence-electron chi connectivity index (χ4n) is 2.87. The van der Waals surface area contributed by atoms with Gasteiger partial charge >= 0.3 is 11.9 Å². The van der Waals surface area contributed by atoms with E-state index in [1.54, 1.807) is 37.6 Å². The van der Waals surface area contributed by atoms with Crippen molar-refractivity contribution in [2.24, 2.45) is 0 Å². The predicted octanol–water partition coefficient (Wildman–Crippen LogP) is 3.46. The number of aryl methyl sites for hydroxylation is 1. The number of methoxy groups -OCH3 is 1. The minimum Gasteiger partial charge on any atom is -0.465 e. The van der Waals surface area contributed by atoms with Gasteiger partial charge in [0.2, 0.25) is 5.78 Å². The summed E-state index contributed by atoms with van der Waals surface area (Å²) in [7, 11) is 1.28. The van der Waals surface area contributed by atoms with Crippen LogP contribution in [0.2, 0.25) is 0 Å². The molecule has 3 rings (SSSR count). The third-order valence-corrected chi connectivity index (χ3v) is 5.09. The van der Waals surface area contributed by atoms with E-state index in [2.05, 4.69) is 9.97 Å². The molecule has 0 amide bonds. The lowest BCUT2D eigenvalue weighted by Crippen LogP contribution is -2.25. The highest BCUT2D eigenvalue weighted by molar-refractivity contribution is 7.16. The number of nitrogens with one attached hydrogen (secondary N) is 1. The second kappa shape index (κ2) is 7.32. The zero-order valence-corrected chi connectivity index (χ0v) is 16.1. The van der Waals surface area contributed by atoms with E-state index in [4.69, 9.17) is 9.47 Å². The molecule has 1 aromatic carbocycles. The molecule has 7 nitrogen and oxygen atoms in total. The number of carbonyl (C=O) groups excluding carboxylic acids is 3. The SMILES string of the molecule is COC(=O)c1c(C)[nH]c(C(=O)[C@@H](C)OC(=O)c2ccc3ncsc3c2)c1C. The van der Waals surface area contributed by atoms with Crippen molar-refractivity contribution >= 4 is 39.3 Å². The number of hydrogen-bond acceptors (Lipinski definition) is 7. The summed E-state index contributed by atoms with van der Waals surface area (Å²) in [4.78, 5) is 44.0. The van der Waals surface area contributed by atoms with Crippen LogP contribution in [0.5, 0.6) is 0 Å². The van der Waals surface area contributed by atoms with Gasteiger partial charge in [0.05, 0.1) is 39.7 Å². The van der Waals surface area contributed by atoms with Crippen molar-refractivity contribution in [2.45, 2.75) is 26.9 Å². The molecule has 0 saturated carbocycles. The summed E-state index contributed by atoms with van der Waals surface area (Å²) >= 11 is 1.42. The third-order valence-electron chi connectivity index (χ3n) is 4.29. The molecule has 0 fully saturated rings. The highest BCUT2D eigenvalue weighted by Gasteiger charge is 2.27. The minimum atomic E-state index is -1.02. The Morgan fingerprint density at radius 3 is 2.63 bits per heavy atom. The fourth-order valence-corrected chi connectivity index (χ4v) is 3.59. The maximum absolute atomic E-state index is 12.7. The van der Waals surface area contributed by atoms with Crippen LogP contribution >= 0.6 is 11.3 Å². The van der Waals surface area contributed by atoms with Crippen LogP contribution in [0.4, 0.5) is 0 Å². The van der Waals surface area contributed by atoms with Crippen molar-refractivity contribution in [3.05, 3.63) is 51.8 Å². The molecule has 3 aromatic rings. The summed E-state index contributed by atoms with van der Waals surface area (Å²) in [5, 5.41) is 0. The average molecular weight is 386 g/mol. The summed E-state index contributed by atoms with van der Waals surface area (Å²) in [6.45, 7) is 4.82. The van der Waals surface area contributed by atoms with Crippen LogP contribution in [-0.4, -0.2) is 40.9 Å². The van der Waals surface area contributed by atoms with Gasteiger partial charge in [-0.3, -0.25) is 4.79 Å². The molecular formula is C19H18N2O5S. The van der Waals surface area contributed by atoms with Crippen molar-refractivity contribution in [1.82, 2.24) is 9.97 Å². The highest BCUT2D eigenvalue weighted by Crippen LogP contribution is 2.22. The van der Waals surface area contributed by atoms with Crippen molar-refractivity contribution < 1.29 is 23.9 Å². The number of aromatic amines is 1. The second-order valence-corrected chi connectivity index (χ2v) is 6.95. The average Bonchev–Trinajstić information content (AvgIpc) is 3.23. The molecule has 0 aliphatic heterocycles. The number of ether oxygens (including phenoxy) is 2. The minimum absolute atomic E-state index is 0.228. The van der Waals surface area contributed by atoms with Gasteiger partial charge in [-0.2, -0.15) is 0 Å². The number of carbonyl (C=O) groups is 3. The van der Waals surface area contributed by atoms with Crippen LogP contribution < -0.4 is 0 Å². The second-order valence-electron chi connectivity index (χ2n) is 6.06. The van der Waals surface area contributed by atoms with E-state index >= 15 is 0 Å². The van der Waals surface area contributed by atoms with E-state index in [9.17, 15) is 14.4 Å². The first-order valence-corrected chi connectivity index (χ1v) is 9.07. The molecule has 0 bridgehead atoms. The van der Waals surface area contributed by atoms with Crippen LogP contribution in [0.15, 0.2) is 23.7 Å². The first-order chi connectivity index (χ1) is 12.8. The quantitative estimate of drug-likeness (QED) is 0.533. The number of aromatic nitrogens is 2. The first kappa shape index (κ1) is 18.8. The standard InChI is InChI=1S/C19H18N2O5S/c1-9-15(19(24)25-4)10(2)21-16(9)17(22)11(3)26-18(23)12-5-6-13-14(7-12)27-8-20-13/h5-8,11,21H,1-4H3/t11-/m1/s1. The van der Waals surface area contributed by atoms with Gasteiger partial charge in [0, 0.05) is 5.69 Å². The lowest BCUT2D eigenvalue weighted by molar-refractivity contribution is 0.0317. The molecule has 0 unspecified atom stereocenters. The molecule has 1 atom stereocenters. The van der Waals surface area contributed by atoms with Crippen LogP contribution in [0.25, 0.3) is 10.2 Å². The van der Waals surface area contributed by atoms with Crippen molar-refractivity contribution in [3.63, 3.8) is 0 Å². The Morgan fingerprint density at radius 1 is 1.19 bits per heavy atom. The van der Waals surface area contributed by atoms with Gasteiger partial charge in [0.25, 0.3) is 0 Å². The van der Waals surface area contributed by atoms with E-state index in [1.165, 1.54) is 25.4 Å². The first-order valence-electron chi connectivity index (χ1n) is 8.19. The molecule has 0 saturated heterocycles. The summed E-state index contributed by atoms with van der Waals surface area (Å²) in [6, 6.07) is 5.03. The number of benzene rings is 1. The molecule has 8 heteroatoms. The van der Waals surface area contributed by atoms with Crippen LogP contribution in [0, 0.1) is 13.8 Å². The number of nitrogens with zero attached hydrogens (tertiary/aromatic N) is 1. The normalized spacial score (nSPS) is 12.0. The Labute approximate surface area is 159 Å². The van der Waals surface area contributed by atoms with Gasteiger partial charge in [-0.15, -0.1) is 11.3 Å². The molecule has 27 heavy (non-hydrogen) atoms. The van der Waals surface area contributed by atoms with E-state index in [0.29, 0.717) is 22.4 Å². The van der Waals surface area contributed by atoms with Crippen LogP contribution in [0.3, 0.4) is 0 Å². The van der Waals surface area contributed by atoms with E-state index in [1.807, 2.05) is 0 Å². The van der Waals surface area contributed by atoms with Crippen molar-refractivity contribution in [1.29, 1.82) is 0 Å². The highest BCUT2D eigenvalue weighted by atomic mass is 32.1. The Kier molecular flexibility index (Phi) is 5.09. The maximum Gasteiger partial charge on any atom is 0.339 e. The van der Waals surface area contributed by atoms with Crippen molar-refractivity contribution in [2.75, 3.05) is 7.11 Å². The van der Waals surface area contributed by atoms with Crippen molar-refractivity contribution in [3.8, 4) is 0 Å². The molecule has 2 aromatic heterocycles.